The number of carbonyl (C=O) groups excluding carboxylic acids is 1. The standard InChI is InChI=1S/C17H25FN2O3/c1-17(2)12-19(8-9-20(17)15(22)7-10-23-3)14-6-4-5-13(11-21)16(14)18/h4-6,21H,7-12H2,1-3H3. The van der Waals surface area contributed by atoms with Crippen molar-refractivity contribution >= 4 is 11.6 Å². The highest BCUT2D eigenvalue weighted by atomic mass is 19.1. The van der Waals surface area contributed by atoms with Crippen LogP contribution in [-0.2, 0) is 16.1 Å². The van der Waals surface area contributed by atoms with Gasteiger partial charge in [0.1, 0.15) is 0 Å². The van der Waals surface area contributed by atoms with Gasteiger partial charge in [0.25, 0.3) is 0 Å². The highest BCUT2D eigenvalue weighted by Crippen LogP contribution is 2.29. The van der Waals surface area contributed by atoms with Crippen LogP contribution in [-0.4, -0.2) is 54.8 Å². The van der Waals surface area contributed by atoms with Gasteiger partial charge in [0, 0.05) is 32.3 Å². The van der Waals surface area contributed by atoms with E-state index in [-0.39, 0.29) is 18.3 Å². The Morgan fingerprint density at radius 1 is 1.39 bits per heavy atom. The molecule has 6 heteroatoms. The summed E-state index contributed by atoms with van der Waals surface area (Å²) in [4.78, 5) is 16.1. The van der Waals surface area contributed by atoms with E-state index in [1.807, 2.05) is 23.6 Å². The monoisotopic (exact) mass is 324 g/mol. The zero-order chi connectivity index (χ0) is 17.0. The quantitative estimate of drug-likeness (QED) is 0.897. The largest absolute Gasteiger partial charge is 0.392 e. The Bertz CT molecular complexity index is 563. The Hall–Kier alpha value is -1.66. The molecular formula is C17H25FN2O3. The van der Waals surface area contributed by atoms with Crippen LogP contribution in [0.25, 0.3) is 0 Å². The van der Waals surface area contributed by atoms with Gasteiger partial charge in [0.15, 0.2) is 5.82 Å². The lowest BCUT2D eigenvalue weighted by Crippen LogP contribution is -2.61. The maximum atomic E-state index is 14.4. The molecule has 1 heterocycles. The average molecular weight is 324 g/mol. The fourth-order valence-corrected chi connectivity index (χ4v) is 3.08. The number of carbonyl (C=O) groups is 1. The Labute approximate surface area is 136 Å². The molecular weight excluding hydrogens is 299 g/mol. The molecule has 0 unspecified atom stereocenters. The molecule has 1 aromatic rings. The normalized spacial score (nSPS) is 17.4. The van der Waals surface area contributed by atoms with E-state index in [4.69, 9.17) is 4.74 Å². The molecule has 2 rings (SSSR count). The van der Waals surface area contributed by atoms with Crippen LogP contribution in [0.3, 0.4) is 0 Å². The first-order chi connectivity index (χ1) is 10.9. The predicted molar refractivity (Wildman–Crippen MR) is 86.8 cm³/mol. The van der Waals surface area contributed by atoms with E-state index in [0.717, 1.165) is 0 Å². The van der Waals surface area contributed by atoms with Crippen molar-refractivity contribution in [3.05, 3.63) is 29.6 Å². The number of aliphatic hydroxyl groups excluding tert-OH is 1. The number of hydrogen-bond acceptors (Lipinski definition) is 4. The third-order valence-corrected chi connectivity index (χ3v) is 4.29. The smallest absolute Gasteiger partial charge is 0.225 e. The van der Waals surface area contributed by atoms with Gasteiger partial charge in [0.2, 0.25) is 5.91 Å². The number of ether oxygens (including phenoxy) is 1. The molecule has 1 fully saturated rings. The van der Waals surface area contributed by atoms with E-state index in [0.29, 0.717) is 43.9 Å². The summed E-state index contributed by atoms with van der Waals surface area (Å²) >= 11 is 0. The summed E-state index contributed by atoms with van der Waals surface area (Å²) in [7, 11) is 1.58. The molecule has 0 bridgehead atoms. The molecule has 1 aliphatic heterocycles. The number of hydrogen-bond donors (Lipinski definition) is 1. The number of aliphatic hydroxyl groups is 1. The number of halogens is 1. The van der Waals surface area contributed by atoms with Crippen LogP contribution in [0.5, 0.6) is 0 Å². The Morgan fingerprint density at radius 3 is 2.74 bits per heavy atom. The second-order valence-corrected chi connectivity index (χ2v) is 6.43. The first-order valence-electron chi connectivity index (χ1n) is 7.83. The lowest BCUT2D eigenvalue weighted by atomic mass is 9.97. The van der Waals surface area contributed by atoms with Crippen molar-refractivity contribution in [3.8, 4) is 0 Å². The van der Waals surface area contributed by atoms with Gasteiger partial charge in [-0.25, -0.2) is 4.39 Å². The highest BCUT2D eigenvalue weighted by Gasteiger charge is 2.37. The number of methoxy groups -OCH3 is 1. The van der Waals surface area contributed by atoms with Gasteiger partial charge in [-0.05, 0) is 19.9 Å². The summed E-state index contributed by atoms with van der Waals surface area (Å²) in [5.41, 5.74) is 0.373. The number of anilines is 1. The summed E-state index contributed by atoms with van der Waals surface area (Å²) in [6.07, 6.45) is 0.355. The molecule has 1 amide bonds. The van der Waals surface area contributed by atoms with Crippen LogP contribution in [0.4, 0.5) is 10.1 Å². The third kappa shape index (κ3) is 3.82. The third-order valence-electron chi connectivity index (χ3n) is 4.29. The minimum absolute atomic E-state index is 0.0566. The average Bonchev–Trinajstić information content (AvgIpc) is 2.51. The first kappa shape index (κ1) is 17.7. The molecule has 128 valence electrons. The minimum atomic E-state index is -0.398. The molecule has 5 nitrogen and oxygen atoms in total. The van der Waals surface area contributed by atoms with Crippen LogP contribution in [0.2, 0.25) is 0 Å². The highest BCUT2D eigenvalue weighted by molar-refractivity contribution is 5.77. The molecule has 0 spiro atoms. The van der Waals surface area contributed by atoms with E-state index in [1.165, 1.54) is 0 Å². The van der Waals surface area contributed by atoms with Crippen LogP contribution in [0, 0.1) is 5.82 Å². The summed E-state index contributed by atoms with van der Waals surface area (Å²) in [5, 5.41) is 9.22. The van der Waals surface area contributed by atoms with Crippen molar-refractivity contribution in [2.24, 2.45) is 0 Å². The van der Waals surface area contributed by atoms with Crippen molar-refractivity contribution in [3.63, 3.8) is 0 Å². The molecule has 1 aromatic carbocycles. The molecule has 1 N–H and O–H groups in total. The molecule has 1 aliphatic rings. The van der Waals surface area contributed by atoms with E-state index < -0.39 is 5.54 Å². The lowest BCUT2D eigenvalue weighted by Gasteiger charge is -2.48. The fourth-order valence-electron chi connectivity index (χ4n) is 3.08. The van der Waals surface area contributed by atoms with Crippen molar-refractivity contribution in [1.82, 2.24) is 4.90 Å². The maximum absolute atomic E-state index is 14.4. The summed E-state index contributed by atoms with van der Waals surface area (Å²) in [6, 6.07) is 5.04. The molecule has 23 heavy (non-hydrogen) atoms. The molecule has 0 radical (unpaired) electrons. The first-order valence-corrected chi connectivity index (χ1v) is 7.83. The summed E-state index contributed by atoms with van der Waals surface area (Å²) in [6.45, 7) is 5.69. The fraction of sp³-hybridized carbons (Fsp3) is 0.588. The second kappa shape index (κ2) is 7.27. The lowest BCUT2D eigenvalue weighted by molar-refractivity contribution is -0.138. The predicted octanol–water partition coefficient (Wildman–Crippen LogP) is 1.78. The molecule has 0 aromatic heterocycles. The SMILES string of the molecule is COCCC(=O)N1CCN(c2cccc(CO)c2F)CC1(C)C. The van der Waals surface area contributed by atoms with Gasteiger partial charge >= 0.3 is 0 Å². The van der Waals surface area contributed by atoms with E-state index in [1.54, 1.807) is 25.3 Å². The number of amides is 1. The van der Waals surface area contributed by atoms with Crippen molar-refractivity contribution < 1.29 is 19.0 Å². The second-order valence-electron chi connectivity index (χ2n) is 6.43. The Morgan fingerprint density at radius 2 is 2.13 bits per heavy atom. The van der Waals surface area contributed by atoms with E-state index >= 15 is 0 Å². The van der Waals surface area contributed by atoms with E-state index in [9.17, 15) is 14.3 Å². The molecule has 0 atom stereocenters. The van der Waals surface area contributed by atoms with E-state index in [2.05, 4.69) is 0 Å². The van der Waals surface area contributed by atoms with Crippen LogP contribution < -0.4 is 4.90 Å². The topological polar surface area (TPSA) is 53.0 Å². The number of piperazine rings is 1. The zero-order valence-corrected chi connectivity index (χ0v) is 14.0. The van der Waals surface area contributed by atoms with Crippen molar-refractivity contribution in [2.45, 2.75) is 32.4 Å². The molecule has 0 aliphatic carbocycles. The van der Waals surface area contributed by atoms with Gasteiger partial charge in [-0.1, -0.05) is 12.1 Å². The van der Waals surface area contributed by atoms with Gasteiger partial charge in [-0.15, -0.1) is 0 Å². The summed E-state index contributed by atoms with van der Waals surface area (Å²) < 4.78 is 19.4. The molecule has 1 saturated heterocycles. The van der Waals surface area contributed by atoms with Crippen molar-refractivity contribution in [2.75, 3.05) is 38.3 Å². The maximum Gasteiger partial charge on any atom is 0.225 e. The minimum Gasteiger partial charge on any atom is -0.392 e. The van der Waals surface area contributed by atoms with Gasteiger partial charge in [-0.3, -0.25) is 4.79 Å². The van der Waals surface area contributed by atoms with Crippen LogP contribution in [0.1, 0.15) is 25.8 Å². The zero-order valence-electron chi connectivity index (χ0n) is 14.0. The number of nitrogens with zero attached hydrogens (tertiary/aromatic N) is 2. The number of rotatable bonds is 5. The Balaban J connectivity index is 2.15. The Kier molecular flexibility index (Phi) is 5.59. The van der Waals surface area contributed by atoms with Crippen LogP contribution in [0.15, 0.2) is 18.2 Å². The van der Waals surface area contributed by atoms with Crippen molar-refractivity contribution in [1.29, 1.82) is 0 Å². The molecule has 0 saturated carbocycles. The number of benzene rings is 1. The van der Waals surface area contributed by atoms with Gasteiger partial charge in [0.05, 0.1) is 30.9 Å². The summed E-state index contributed by atoms with van der Waals surface area (Å²) in [5.74, 6) is -0.328. The van der Waals surface area contributed by atoms with Gasteiger partial charge < -0.3 is 19.6 Å². The van der Waals surface area contributed by atoms with Gasteiger partial charge in [-0.2, -0.15) is 0 Å². The van der Waals surface area contributed by atoms with Crippen LogP contribution >= 0.6 is 0 Å².